The molecule has 4 heteroatoms. The first-order valence-electron chi connectivity index (χ1n) is 4.84. The molecule has 80 valence electrons. The summed E-state index contributed by atoms with van der Waals surface area (Å²) in [4.78, 5) is 2.68. The van der Waals surface area contributed by atoms with E-state index >= 15 is 0 Å². The molecule has 13 heavy (non-hydrogen) atoms. The fraction of sp³-hybridized carbons (Fsp3) is 1.00. The van der Waals surface area contributed by atoms with Crippen molar-refractivity contribution < 1.29 is 0 Å². The Labute approximate surface area is 93.3 Å². The maximum atomic E-state index is 3.46. The normalized spacial score (nSPS) is 33.9. The first-order valence-corrected chi connectivity index (χ1v) is 4.84. The second-order valence-electron chi connectivity index (χ2n) is 3.88. The summed E-state index contributed by atoms with van der Waals surface area (Å²) in [6.07, 6.45) is 4.26. The van der Waals surface area contributed by atoms with E-state index in [1.165, 1.54) is 38.9 Å². The Morgan fingerprint density at radius 2 is 2.00 bits per heavy atom. The summed E-state index contributed by atoms with van der Waals surface area (Å²) in [6, 6.07) is 1.70. The fourth-order valence-corrected chi connectivity index (χ4v) is 2.44. The zero-order chi connectivity index (χ0) is 7.68. The van der Waals surface area contributed by atoms with Gasteiger partial charge in [-0.25, -0.2) is 0 Å². The van der Waals surface area contributed by atoms with Crippen molar-refractivity contribution in [3.05, 3.63) is 0 Å². The Morgan fingerprint density at radius 1 is 1.23 bits per heavy atom. The number of rotatable bonds is 0. The Bertz CT molecular complexity index is 142. The molecule has 2 heterocycles. The third-order valence-corrected chi connectivity index (χ3v) is 3.12. The van der Waals surface area contributed by atoms with Crippen LogP contribution < -0.4 is 5.32 Å². The van der Waals surface area contributed by atoms with Crippen molar-refractivity contribution in [2.75, 3.05) is 19.6 Å². The molecule has 2 aliphatic heterocycles. The van der Waals surface area contributed by atoms with Crippen LogP contribution in [-0.4, -0.2) is 36.6 Å². The molecular weight excluding hydrogens is 207 g/mol. The van der Waals surface area contributed by atoms with Crippen LogP contribution in [-0.2, 0) is 0 Å². The molecule has 2 atom stereocenters. The lowest BCUT2D eigenvalue weighted by molar-refractivity contribution is 0.0717. The summed E-state index contributed by atoms with van der Waals surface area (Å²) in [5.74, 6) is 0. The quantitative estimate of drug-likeness (QED) is 0.677. The Balaban J connectivity index is 0.000000720. The molecule has 2 fully saturated rings. The third kappa shape index (κ3) is 2.98. The fourth-order valence-electron chi connectivity index (χ4n) is 2.44. The summed E-state index contributed by atoms with van der Waals surface area (Å²) in [5, 5.41) is 3.46. The maximum Gasteiger partial charge on any atom is 0.0224 e. The molecule has 0 spiro atoms. The minimum atomic E-state index is 0. The van der Waals surface area contributed by atoms with E-state index in [9.17, 15) is 0 Å². The summed E-state index contributed by atoms with van der Waals surface area (Å²) < 4.78 is 0. The molecule has 0 radical (unpaired) electrons. The van der Waals surface area contributed by atoms with Crippen LogP contribution in [0.25, 0.3) is 0 Å². The smallest absolute Gasteiger partial charge is 0.0224 e. The van der Waals surface area contributed by atoms with E-state index in [4.69, 9.17) is 0 Å². The van der Waals surface area contributed by atoms with E-state index in [0.29, 0.717) is 0 Å². The Hall–Kier alpha value is 0.500. The van der Waals surface area contributed by atoms with E-state index in [0.717, 1.165) is 12.1 Å². The van der Waals surface area contributed by atoms with E-state index in [-0.39, 0.29) is 24.8 Å². The summed E-state index contributed by atoms with van der Waals surface area (Å²) in [5.41, 5.74) is 0. The van der Waals surface area contributed by atoms with Crippen molar-refractivity contribution in [3.8, 4) is 0 Å². The molecule has 0 aromatic carbocycles. The second-order valence-corrected chi connectivity index (χ2v) is 3.88. The largest absolute Gasteiger partial charge is 0.314 e. The number of nitrogens with zero attached hydrogens (tertiary/aromatic N) is 1. The number of piperidine rings is 1. The van der Waals surface area contributed by atoms with Crippen LogP contribution in [0.2, 0.25) is 0 Å². The SMILES string of the molecule is CC1CCCC2CNCCN12.Cl.Cl. The molecule has 0 saturated carbocycles. The molecule has 0 aliphatic carbocycles. The zero-order valence-corrected chi connectivity index (χ0v) is 9.79. The predicted octanol–water partition coefficient (Wildman–Crippen LogP) is 1.68. The molecule has 0 amide bonds. The lowest BCUT2D eigenvalue weighted by Crippen LogP contribution is -2.56. The van der Waals surface area contributed by atoms with Crippen LogP contribution in [0.1, 0.15) is 26.2 Å². The van der Waals surface area contributed by atoms with Gasteiger partial charge in [-0.3, -0.25) is 4.90 Å². The van der Waals surface area contributed by atoms with Crippen LogP contribution in [0.5, 0.6) is 0 Å². The van der Waals surface area contributed by atoms with Crippen molar-refractivity contribution >= 4 is 24.8 Å². The number of halogens is 2. The van der Waals surface area contributed by atoms with Gasteiger partial charge in [-0.05, 0) is 19.8 Å². The van der Waals surface area contributed by atoms with Gasteiger partial charge < -0.3 is 5.32 Å². The van der Waals surface area contributed by atoms with E-state index in [1.54, 1.807) is 0 Å². The van der Waals surface area contributed by atoms with Gasteiger partial charge in [0, 0.05) is 31.7 Å². The molecule has 0 bridgehead atoms. The van der Waals surface area contributed by atoms with Crippen LogP contribution in [0.3, 0.4) is 0 Å². The topological polar surface area (TPSA) is 15.3 Å². The molecule has 2 nitrogen and oxygen atoms in total. The van der Waals surface area contributed by atoms with Crippen molar-refractivity contribution in [1.29, 1.82) is 0 Å². The number of piperazine rings is 1. The van der Waals surface area contributed by atoms with Gasteiger partial charge in [0.2, 0.25) is 0 Å². The highest BCUT2D eigenvalue weighted by Crippen LogP contribution is 2.23. The van der Waals surface area contributed by atoms with Crippen LogP contribution >= 0.6 is 24.8 Å². The predicted molar refractivity (Wildman–Crippen MR) is 61.2 cm³/mol. The Kier molecular flexibility index (Phi) is 6.31. The molecule has 2 rings (SSSR count). The summed E-state index contributed by atoms with van der Waals surface area (Å²) in [6.45, 7) is 6.06. The van der Waals surface area contributed by atoms with Gasteiger partial charge in [0.05, 0.1) is 0 Å². The molecular formula is C9H20Cl2N2. The highest BCUT2D eigenvalue weighted by atomic mass is 35.5. The van der Waals surface area contributed by atoms with Crippen molar-refractivity contribution in [1.82, 2.24) is 10.2 Å². The van der Waals surface area contributed by atoms with E-state index in [1.807, 2.05) is 0 Å². The number of fused-ring (bicyclic) bond motifs is 1. The summed E-state index contributed by atoms with van der Waals surface area (Å²) in [7, 11) is 0. The van der Waals surface area contributed by atoms with Gasteiger partial charge in [-0.1, -0.05) is 6.42 Å². The lowest BCUT2D eigenvalue weighted by atomic mass is 9.95. The average molecular weight is 227 g/mol. The number of nitrogens with one attached hydrogen (secondary N) is 1. The van der Waals surface area contributed by atoms with E-state index in [2.05, 4.69) is 17.1 Å². The third-order valence-electron chi connectivity index (χ3n) is 3.12. The van der Waals surface area contributed by atoms with Gasteiger partial charge >= 0.3 is 0 Å². The molecule has 2 saturated heterocycles. The minimum absolute atomic E-state index is 0. The molecule has 0 aromatic rings. The number of hydrogen-bond acceptors (Lipinski definition) is 2. The second kappa shape index (κ2) is 6.07. The van der Waals surface area contributed by atoms with Gasteiger partial charge in [0.25, 0.3) is 0 Å². The lowest BCUT2D eigenvalue weighted by Gasteiger charge is -2.43. The first-order chi connectivity index (χ1) is 5.38. The van der Waals surface area contributed by atoms with Crippen LogP contribution in [0.4, 0.5) is 0 Å². The van der Waals surface area contributed by atoms with Crippen molar-refractivity contribution in [2.24, 2.45) is 0 Å². The summed E-state index contributed by atoms with van der Waals surface area (Å²) >= 11 is 0. The molecule has 1 N–H and O–H groups in total. The van der Waals surface area contributed by atoms with E-state index < -0.39 is 0 Å². The first kappa shape index (κ1) is 13.5. The molecule has 2 aliphatic rings. The molecule has 0 aromatic heterocycles. The van der Waals surface area contributed by atoms with Gasteiger partial charge in [-0.15, -0.1) is 24.8 Å². The van der Waals surface area contributed by atoms with Gasteiger partial charge in [-0.2, -0.15) is 0 Å². The molecule has 2 unspecified atom stereocenters. The van der Waals surface area contributed by atoms with Gasteiger partial charge in [0.15, 0.2) is 0 Å². The van der Waals surface area contributed by atoms with Crippen molar-refractivity contribution in [3.63, 3.8) is 0 Å². The van der Waals surface area contributed by atoms with Crippen molar-refractivity contribution in [2.45, 2.75) is 38.3 Å². The zero-order valence-electron chi connectivity index (χ0n) is 8.16. The highest BCUT2D eigenvalue weighted by molar-refractivity contribution is 5.85. The monoisotopic (exact) mass is 226 g/mol. The Morgan fingerprint density at radius 3 is 2.69 bits per heavy atom. The highest BCUT2D eigenvalue weighted by Gasteiger charge is 2.29. The van der Waals surface area contributed by atoms with Crippen LogP contribution in [0.15, 0.2) is 0 Å². The average Bonchev–Trinajstić information content (AvgIpc) is 2.06. The number of hydrogen-bond donors (Lipinski definition) is 1. The standard InChI is InChI=1S/C9H18N2.2ClH/c1-8-3-2-4-9-7-10-5-6-11(8)9;;/h8-10H,2-7H2,1H3;2*1H. The van der Waals surface area contributed by atoms with Gasteiger partial charge in [0.1, 0.15) is 0 Å². The van der Waals surface area contributed by atoms with Crippen LogP contribution in [0, 0.1) is 0 Å². The maximum absolute atomic E-state index is 3.46. The minimum Gasteiger partial charge on any atom is -0.314 e.